The zero-order valence-electron chi connectivity index (χ0n) is 9.32. The predicted molar refractivity (Wildman–Crippen MR) is 69.6 cm³/mol. The van der Waals surface area contributed by atoms with Crippen molar-refractivity contribution in [1.29, 1.82) is 5.26 Å². The van der Waals surface area contributed by atoms with Gasteiger partial charge in [0.15, 0.2) is 5.82 Å². The van der Waals surface area contributed by atoms with Crippen molar-refractivity contribution >= 4 is 34.2 Å². The van der Waals surface area contributed by atoms with E-state index in [2.05, 4.69) is 0 Å². The quantitative estimate of drug-likeness (QED) is 0.314. The van der Waals surface area contributed by atoms with Gasteiger partial charge >= 0.3 is 6.18 Å². The first-order valence-electron chi connectivity index (χ1n) is 5.03. The molecule has 8 heteroatoms. The normalized spacial score (nSPS) is 11.2. The van der Waals surface area contributed by atoms with E-state index in [0.29, 0.717) is 0 Å². The van der Waals surface area contributed by atoms with Gasteiger partial charge in [-0.2, -0.15) is 18.4 Å². The molecule has 0 saturated heterocycles. The van der Waals surface area contributed by atoms with Crippen LogP contribution in [0.1, 0.15) is 18.4 Å². The van der Waals surface area contributed by atoms with Gasteiger partial charge in [-0.05, 0) is 29.0 Å². The Morgan fingerprint density at radius 1 is 1.42 bits per heavy atom. The largest absolute Gasteiger partial charge is 0.492 e. The topological polar surface area (TPSA) is 33.0 Å². The van der Waals surface area contributed by atoms with Crippen LogP contribution < -0.4 is 4.74 Å². The van der Waals surface area contributed by atoms with Crippen molar-refractivity contribution in [1.82, 2.24) is 0 Å². The number of ether oxygens (including phenoxy) is 1. The fraction of sp³-hybridized carbons (Fsp3) is 0.364. The molecule has 0 saturated carbocycles. The molecule has 0 N–H and O–H groups in total. The Kier molecular flexibility index (Phi) is 5.67. The maximum atomic E-state index is 13.4. The Morgan fingerprint density at radius 3 is 2.58 bits per heavy atom. The number of nitrogens with zero attached hydrogens (tertiary/aromatic N) is 1. The highest BCUT2D eigenvalue weighted by molar-refractivity contribution is 14.1. The standard InChI is InChI=1S/C11H7ClF4INO/c12-7-4-8(6(5-18)10(17)9(7)13)19-3-1-2-11(14,15)16/h4H,1-3H2. The van der Waals surface area contributed by atoms with E-state index in [4.69, 9.17) is 21.6 Å². The molecule has 0 heterocycles. The summed E-state index contributed by atoms with van der Waals surface area (Å²) in [5.74, 6) is -0.762. The molecule has 19 heavy (non-hydrogen) atoms. The minimum Gasteiger partial charge on any atom is -0.492 e. The maximum absolute atomic E-state index is 13.4. The predicted octanol–water partition coefficient (Wildman–Crippen LogP) is 4.68. The van der Waals surface area contributed by atoms with Crippen LogP contribution in [0.25, 0.3) is 0 Å². The Labute approximate surface area is 125 Å². The molecule has 0 atom stereocenters. The molecule has 0 aliphatic heterocycles. The third-order valence-corrected chi connectivity index (χ3v) is 3.39. The van der Waals surface area contributed by atoms with Gasteiger partial charge in [-0.3, -0.25) is 0 Å². The summed E-state index contributed by atoms with van der Waals surface area (Å²) in [6, 6.07) is 2.82. The number of hydrogen-bond acceptors (Lipinski definition) is 2. The van der Waals surface area contributed by atoms with E-state index >= 15 is 0 Å². The van der Waals surface area contributed by atoms with E-state index in [0.717, 1.165) is 6.07 Å². The fourth-order valence-electron chi connectivity index (χ4n) is 1.25. The Balaban J connectivity index is 2.77. The molecule has 1 aromatic rings. The van der Waals surface area contributed by atoms with Crippen LogP contribution in [0.3, 0.4) is 0 Å². The highest BCUT2D eigenvalue weighted by Crippen LogP contribution is 2.32. The lowest BCUT2D eigenvalue weighted by molar-refractivity contribution is -0.136. The Morgan fingerprint density at radius 2 is 2.05 bits per heavy atom. The number of alkyl halides is 3. The Bertz CT molecular complexity index is 513. The van der Waals surface area contributed by atoms with Crippen LogP contribution in [-0.2, 0) is 0 Å². The average Bonchev–Trinajstić information content (AvgIpc) is 2.31. The molecule has 0 radical (unpaired) electrons. The van der Waals surface area contributed by atoms with Crippen LogP contribution in [0.5, 0.6) is 5.75 Å². The van der Waals surface area contributed by atoms with Crippen LogP contribution in [0, 0.1) is 20.7 Å². The molecule has 1 aromatic carbocycles. The van der Waals surface area contributed by atoms with Crippen LogP contribution >= 0.6 is 34.2 Å². The second kappa shape index (κ2) is 6.61. The van der Waals surface area contributed by atoms with Crippen molar-refractivity contribution in [3.8, 4) is 11.8 Å². The van der Waals surface area contributed by atoms with E-state index in [9.17, 15) is 17.6 Å². The van der Waals surface area contributed by atoms with Crippen molar-refractivity contribution in [3.63, 3.8) is 0 Å². The third-order valence-electron chi connectivity index (χ3n) is 2.10. The smallest absolute Gasteiger partial charge is 0.389 e. The van der Waals surface area contributed by atoms with Gasteiger partial charge in [0.25, 0.3) is 0 Å². The second-order valence-electron chi connectivity index (χ2n) is 3.54. The van der Waals surface area contributed by atoms with Gasteiger partial charge in [-0.1, -0.05) is 11.6 Å². The zero-order valence-corrected chi connectivity index (χ0v) is 12.2. The minimum atomic E-state index is -4.25. The lowest BCUT2D eigenvalue weighted by Crippen LogP contribution is -2.10. The first-order valence-corrected chi connectivity index (χ1v) is 6.49. The SMILES string of the molecule is N#Cc1c(OCCCC(F)(F)F)cc(Cl)c(F)c1I. The van der Waals surface area contributed by atoms with Crippen molar-refractivity contribution in [2.75, 3.05) is 6.61 Å². The van der Waals surface area contributed by atoms with Crippen molar-refractivity contribution < 1.29 is 22.3 Å². The highest BCUT2D eigenvalue weighted by Gasteiger charge is 2.26. The average molecular weight is 408 g/mol. The highest BCUT2D eigenvalue weighted by atomic mass is 127. The molecular weight excluding hydrogens is 400 g/mol. The van der Waals surface area contributed by atoms with Crippen LogP contribution in [-0.4, -0.2) is 12.8 Å². The molecule has 2 nitrogen and oxygen atoms in total. The summed E-state index contributed by atoms with van der Waals surface area (Å²) in [4.78, 5) is 0. The summed E-state index contributed by atoms with van der Waals surface area (Å²) < 4.78 is 54.2. The molecule has 0 amide bonds. The second-order valence-corrected chi connectivity index (χ2v) is 5.02. The molecule has 0 unspecified atom stereocenters. The summed E-state index contributed by atoms with van der Waals surface area (Å²) in [5.41, 5.74) is -0.0745. The van der Waals surface area contributed by atoms with Gasteiger partial charge < -0.3 is 4.74 Å². The van der Waals surface area contributed by atoms with E-state index < -0.39 is 18.4 Å². The molecule has 0 fully saturated rings. The van der Waals surface area contributed by atoms with Crippen LogP contribution in [0.4, 0.5) is 17.6 Å². The van der Waals surface area contributed by atoms with Crippen molar-refractivity contribution in [3.05, 3.63) is 26.0 Å². The number of hydrogen-bond donors (Lipinski definition) is 0. The van der Waals surface area contributed by atoms with Gasteiger partial charge in [0.1, 0.15) is 17.4 Å². The van der Waals surface area contributed by atoms with Crippen molar-refractivity contribution in [2.45, 2.75) is 19.0 Å². The number of nitriles is 1. The van der Waals surface area contributed by atoms with E-state index in [1.54, 1.807) is 28.7 Å². The molecule has 0 aliphatic carbocycles. The number of rotatable bonds is 4. The summed E-state index contributed by atoms with van der Waals surface area (Å²) in [6.07, 6.45) is -5.49. The van der Waals surface area contributed by atoms with Gasteiger partial charge in [-0.15, -0.1) is 0 Å². The van der Waals surface area contributed by atoms with Crippen molar-refractivity contribution in [2.24, 2.45) is 0 Å². The Hall–Kier alpha value is -0.750. The van der Waals surface area contributed by atoms with Gasteiger partial charge in [0.05, 0.1) is 15.2 Å². The molecule has 0 bridgehead atoms. The summed E-state index contributed by atoms with van der Waals surface area (Å²) in [5, 5.41) is 8.63. The molecule has 0 spiro atoms. The summed E-state index contributed by atoms with van der Waals surface area (Å²) in [6.45, 7) is -0.230. The first-order chi connectivity index (χ1) is 8.76. The monoisotopic (exact) mass is 407 g/mol. The lowest BCUT2D eigenvalue weighted by Gasteiger charge is -2.11. The van der Waals surface area contributed by atoms with Gasteiger partial charge in [-0.25, -0.2) is 4.39 Å². The molecule has 1 rings (SSSR count). The van der Waals surface area contributed by atoms with E-state index in [-0.39, 0.29) is 32.9 Å². The molecule has 0 aliphatic rings. The summed E-state index contributed by atoms with van der Waals surface area (Å²) >= 11 is 7.17. The molecule has 104 valence electrons. The lowest BCUT2D eigenvalue weighted by atomic mass is 10.2. The van der Waals surface area contributed by atoms with Gasteiger partial charge in [0, 0.05) is 12.5 Å². The first kappa shape index (κ1) is 16.3. The van der Waals surface area contributed by atoms with E-state index in [1.165, 1.54) is 0 Å². The molecular formula is C11H7ClF4INO. The minimum absolute atomic E-state index is 0.0134. The van der Waals surface area contributed by atoms with Gasteiger partial charge in [0.2, 0.25) is 0 Å². The van der Waals surface area contributed by atoms with Crippen LogP contribution in [0.2, 0.25) is 5.02 Å². The summed E-state index contributed by atoms with van der Waals surface area (Å²) in [7, 11) is 0. The fourth-order valence-corrected chi connectivity index (χ4v) is 2.28. The van der Waals surface area contributed by atoms with Crippen LogP contribution in [0.15, 0.2) is 6.07 Å². The maximum Gasteiger partial charge on any atom is 0.389 e. The number of benzene rings is 1. The third kappa shape index (κ3) is 4.69. The molecule has 0 aromatic heterocycles. The number of halogens is 6. The van der Waals surface area contributed by atoms with E-state index in [1.807, 2.05) is 0 Å². The zero-order chi connectivity index (χ0) is 14.6.